The molecule has 0 radical (unpaired) electrons. The number of aryl methyl sites for hydroxylation is 3. The third kappa shape index (κ3) is 5.79. The molecule has 1 aliphatic rings. The summed E-state index contributed by atoms with van der Waals surface area (Å²) in [5.41, 5.74) is 2.18. The molecule has 4 rings (SSSR count). The minimum atomic E-state index is 0.0438. The minimum Gasteiger partial charge on any atom is -0.356 e. The van der Waals surface area contributed by atoms with Gasteiger partial charge in [-0.25, -0.2) is 9.98 Å². The number of rotatable bonds is 8. The molecule has 1 N–H and O–H groups in total. The summed E-state index contributed by atoms with van der Waals surface area (Å²) in [7, 11) is 1.85. The fourth-order valence-electron chi connectivity index (χ4n) is 4.04. The Hall–Kier alpha value is -3.62. The van der Waals surface area contributed by atoms with Crippen LogP contribution in [0.5, 0.6) is 0 Å². The van der Waals surface area contributed by atoms with Gasteiger partial charge in [-0.1, -0.05) is 30.3 Å². The van der Waals surface area contributed by atoms with Crippen molar-refractivity contribution in [3.05, 3.63) is 66.5 Å². The standard InChI is InChI=1S/C24H32N8O/c1-3-25-24(31-14-15-32(23(33)19-31)21-16-28-29(2)18-21)27-17-22-26-11-13-30(22)12-7-10-20-8-5-4-6-9-20/h4-6,8-9,11,13,16,18H,3,7,10,12,14-15,17,19H2,1-2H3,(H,25,27). The lowest BCUT2D eigenvalue weighted by atomic mass is 10.1. The second kappa shape index (κ2) is 10.8. The maximum Gasteiger partial charge on any atom is 0.246 e. The molecule has 174 valence electrons. The van der Waals surface area contributed by atoms with Gasteiger partial charge in [-0.2, -0.15) is 5.10 Å². The summed E-state index contributed by atoms with van der Waals surface area (Å²) < 4.78 is 3.88. The van der Waals surface area contributed by atoms with E-state index in [4.69, 9.17) is 4.99 Å². The van der Waals surface area contributed by atoms with E-state index in [1.54, 1.807) is 15.8 Å². The Bertz CT molecular complexity index is 1070. The molecule has 0 unspecified atom stereocenters. The van der Waals surface area contributed by atoms with Crippen molar-refractivity contribution in [2.24, 2.45) is 12.0 Å². The van der Waals surface area contributed by atoms with Crippen LogP contribution in [-0.4, -0.2) is 62.3 Å². The maximum atomic E-state index is 12.8. The fourth-order valence-corrected chi connectivity index (χ4v) is 4.04. The molecular formula is C24H32N8O. The van der Waals surface area contributed by atoms with Gasteiger partial charge in [0, 0.05) is 51.8 Å². The summed E-state index contributed by atoms with van der Waals surface area (Å²) >= 11 is 0. The fraction of sp³-hybridized carbons (Fsp3) is 0.417. The van der Waals surface area contributed by atoms with Gasteiger partial charge in [-0.15, -0.1) is 0 Å². The van der Waals surface area contributed by atoms with Crippen molar-refractivity contribution in [1.29, 1.82) is 0 Å². The van der Waals surface area contributed by atoms with E-state index in [0.29, 0.717) is 19.6 Å². The molecule has 3 heterocycles. The summed E-state index contributed by atoms with van der Waals surface area (Å²) in [6.07, 6.45) is 9.51. The summed E-state index contributed by atoms with van der Waals surface area (Å²) in [6.45, 7) is 5.73. The number of anilines is 1. The molecular weight excluding hydrogens is 416 g/mol. The second-order valence-electron chi connectivity index (χ2n) is 8.14. The van der Waals surface area contributed by atoms with Crippen LogP contribution in [0.4, 0.5) is 5.69 Å². The van der Waals surface area contributed by atoms with E-state index in [1.165, 1.54) is 5.56 Å². The van der Waals surface area contributed by atoms with Crippen LogP contribution in [0.15, 0.2) is 60.1 Å². The number of aromatic nitrogens is 4. The number of hydrogen-bond acceptors (Lipinski definition) is 4. The van der Waals surface area contributed by atoms with Gasteiger partial charge in [0.15, 0.2) is 5.96 Å². The Kier molecular flexibility index (Phi) is 7.39. The van der Waals surface area contributed by atoms with Crippen LogP contribution in [-0.2, 0) is 31.4 Å². The van der Waals surface area contributed by atoms with Crippen LogP contribution < -0.4 is 10.2 Å². The van der Waals surface area contributed by atoms with Crippen molar-refractivity contribution in [3.8, 4) is 0 Å². The number of carbonyl (C=O) groups is 1. The van der Waals surface area contributed by atoms with E-state index in [9.17, 15) is 4.79 Å². The monoisotopic (exact) mass is 448 g/mol. The lowest BCUT2D eigenvalue weighted by Crippen LogP contribution is -2.55. The second-order valence-corrected chi connectivity index (χ2v) is 8.14. The van der Waals surface area contributed by atoms with Gasteiger partial charge in [-0.05, 0) is 25.3 Å². The van der Waals surface area contributed by atoms with E-state index in [1.807, 2.05) is 43.5 Å². The van der Waals surface area contributed by atoms with Crippen molar-refractivity contribution in [1.82, 2.24) is 29.5 Å². The number of piperazine rings is 1. The number of nitrogens with one attached hydrogen (secondary N) is 1. The van der Waals surface area contributed by atoms with Crippen LogP contribution >= 0.6 is 0 Å². The summed E-state index contributed by atoms with van der Waals surface area (Å²) in [4.78, 5) is 25.9. The number of amides is 1. The number of carbonyl (C=O) groups excluding carboxylic acids is 1. The predicted molar refractivity (Wildman–Crippen MR) is 129 cm³/mol. The van der Waals surface area contributed by atoms with Crippen LogP contribution in [0.25, 0.3) is 0 Å². The van der Waals surface area contributed by atoms with Crippen molar-refractivity contribution in [3.63, 3.8) is 0 Å². The third-order valence-corrected chi connectivity index (χ3v) is 5.74. The maximum absolute atomic E-state index is 12.8. The Labute approximate surface area is 194 Å². The molecule has 0 saturated carbocycles. The minimum absolute atomic E-state index is 0.0438. The number of benzene rings is 1. The number of nitrogens with zero attached hydrogens (tertiary/aromatic N) is 7. The quantitative estimate of drug-likeness (QED) is 0.421. The number of imidazole rings is 1. The van der Waals surface area contributed by atoms with E-state index >= 15 is 0 Å². The molecule has 2 aromatic heterocycles. The highest BCUT2D eigenvalue weighted by Crippen LogP contribution is 2.16. The summed E-state index contributed by atoms with van der Waals surface area (Å²) in [5.74, 6) is 1.72. The van der Waals surface area contributed by atoms with E-state index < -0.39 is 0 Å². The van der Waals surface area contributed by atoms with Crippen molar-refractivity contribution < 1.29 is 4.79 Å². The van der Waals surface area contributed by atoms with E-state index in [0.717, 1.165) is 43.4 Å². The highest BCUT2D eigenvalue weighted by Gasteiger charge is 2.27. The topological polar surface area (TPSA) is 83.6 Å². The molecule has 1 aliphatic heterocycles. The predicted octanol–water partition coefficient (Wildman–Crippen LogP) is 2.06. The zero-order valence-corrected chi connectivity index (χ0v) is 19.4. The molecule has 1 saturated heterocycles. The van der Waals surface area contributed by atoms with Gasteiger partial charge >= 0.3 is 0 Å². The van der Waals surface area contributed by atoms with Gasteiger partial charge in [0.25, 0.3) is 0 Å². The first-order valence-electron chi connectivity index (χ1n) is 11.5. The molecule has 3 aromatic rings. The van der Waals surface area contributed by atoms with Crippen LogP contribution in [0, 0.1) is 0 Å². The normalized spacial score (nSPS) is 14.7. The highest BCUT2D eigenvalue weighted by molar-refractivity contribution is 5.98. The highest BCUT2D eigenvalue weighted by atomic mass is 16.2. The summed E-state index contributed by atoms with van der Waals surface area (Å²) in [5, 5.41) is 7.51. The zero-order chi connectivity index (χ0) is 23.0. The molecule has 9 heteroatoms. The molecule has 33 heavy (non-hydrogen) atoms. The first-order chi connectivity index (χ1) is 16.1. The first-order valence-corrected chi connectivity index (χ1v) is 11.5. The van der Waals surface area contributed by atoms with Gasteiger partial charge in [0.2, 0.25) is 5.91 Å². The molecule has 1 fully saturated rings. The van der Waals surface area contributed by atoms with Crippen LogP contribution in [0.2, 0.25) is 0 Å². The number of hydrogen-bond donors (Lipinski definition) is 1. The molecule has 0 bridgehead atoms. The van der Waals surface area contributed by atoms with Gasteiger partial charge in [-0.3, -0.25) is 9.48 Å². The largest absolute Gasteiger partial charge is 0.356 e. The van der Waals surface area contributed by atoms with E-state index in [2.05, 4.69) is 44.2 Å². The lowest BCUT2D eigenvalue weighted by Gasteiger charge is -2.35. The average molecular weight is 449 g/mol. The van der Waals surface area contributed by atoms with Crippen molar-refractivity contribution in [2.75, 3.05) is 31.1 Å². The van der Waals surface area contributed by atoms with Gasteiger partial charge < -0.3 is 19.7 Å². The smallest absolute Gasteiger partial charge is 0.246 e. The van der Waals surface area contributed by atoms with Gasteiger partial charge in [0.05, 0.1) is 11.9 Å². The third-order valence-electron chi connectivity index (χ3n) is 5.74. The van der Waals surface area contributed by atoms with Crippen LogP contribution in [0.3, 0.4) is 0 Å². The Morgan fingerprint density at radius 2 is 2.06 bits per heavy atom. The van der Waals surface area contributed by atoms with Crippen molar-refractivity contribution in [2.45, 2.75) is 32.9 Å². The Morgan fingerprint density at radius 1 is 1.21 bits per heavy atom. The molecule has 0 aliphatic carbocycles. The Morgan fingerprint density at radius 3 is 2.79 bits per heavy atom. The zero-order valence-electron chi connectivity index (χ0n) is 19.4. The average Bonchev–Trinajstić information content (AvgIpc) is 3.46. The van der Waals surface area contributed by atoms with Gasteiger partial charge in [0.1, 0.15) is 18.9 Å². The molecule has 1 aromatic carbocycles. The molecule has 0 atom stereocenters. The first kappa shape index (κ1) is 22.6. The molecule has 1 amide bonds. The lowest BCUT2D eigenvalue weighted by molar-refractivity contribution is -0.120. The number of guanidine groups is 1. The molecule has 9 nitrogen and oxygen atoms in total. The van der Waals surface area contributed by atoms with E-state index in [-0.39, 0.29) is 12.5 Å². The Balaban J connectivity index is 1.36. The summed E-state index contributed by atoms with van der Waals surface area (Å²) in [6, 6.07) is 10.5. The SMILES string of the molecule is CCNC(=NCc1nccn1CCCc1ccccc1)N1CCN(c2cnn(C)c2)C(=O)C1. The molecule has 0 spiro atoms. The van der Waals surface area contributed by atoms with Crippen molar-refractivity contribution >= 4 is 17.6 Å². The van der Waals surface area contributed by atoms with Crippen LogP contribution in [0.1, 0.15) is 24.7 Å². The number of aliphatic imine (C=N–C) groups is 1.